The van der Waals surface area contributed by atoms with E-state index >= 15 is 0 Å². The van der Waals surface area contributed by atoms with Crippen molar-refractivity contribution in [2.24, 2.45) is 0 Å². The van der Waals surface area contributed by atoms with Gasteiger partial charge >= 0.3 is 0 Å². The average Bonchev–Trinajstić information content (AvgIpc) is 2.94. The predicted octanol–water partition coefficient (Wildman–Crippen LogP) is 3.00. The predicted molar refractivity (Wildman–Crippen MR) is 88.2 cm³/mol. The molecule has 0 aromatic carbocycles. The maximum absolute atomic E-state index is 12.5. The number of fused-ring (bicyclic) bond motifs is 1. The van der Waals surface area contributed by atoms with Crippen LogP contribution in [0.25, 0.3) is 22.4 Å². The van der Waals surface area contributed by atoms with Crippen LogP contribution in [0.2, 0.25) is 0 Å². The van der Waals surface area contributed by atoms with Crippen LogP contribution in [0.15, 0.2) is 29.3 Å². The molecule has 1 N–H and O–H groups in total. The van der Waals surface area contributed by atoms with Crippen molar-refractivity contribution >= 4 is 11.0 Å². The van der Waals surface area contributed by atoms with Crippen molar-refractivity contribution in [3.63, 3.8) is 0 Å². The molecule has 0 aliphatic heterocycles. The third kappa shape index (κ3) is 2.44. The Kier molecular flexibility index (Phi) is 3.44. The van der Waals surface area contributed by atoms with Gasteiger partial charge in [0.15, 0.2) is 5.65 Å². The van der Waals surface area contributed by atoms with Crippen molar-refractivity contribution in [2.75, 3.05) is 0 Å². The van der Waals surface area contributed by atoms with Gasteiger partial charge in [0.2, 0.25) is 0 Å². The van der Waals surface area contributed by atoms with Crippen LogP contribution in [0.3, 0.4) is 0 Å². The van der Waals surface area contributed by atoms with E-state index in [1.165, 1.54) is 19.3 Å². The summed E-state index contributed by atoms with van der Waals surface area (Å²) in [6.07, 6.45) is 9.32. The van der Waals surface area contributed by atoms with Crippen LogP contribution in [-0.2, 0) is 0 Å². The molecule has 1 fully saturated rings. The van der Waals surface area contributed by atoms with Gasteiger partial charge in [0.05, 0.1) is 11.7 Å². The molecular formula is C17H19N5O. The van der Waals surface area contributed by atoms with Crippen molar-refractivity contribution in [1.29, 1.82) is 0 Å². The highest BCUT2D eigenvalue weighted by atomic mass is 16.1. The molecule has 1 saturated carbocycles. The highest BCUT2D eigenvalue weighted by Gasteiger charge is 2.22. The van der Waals surface area contributed by atoms with Crippen molar-refractivity contribution in [2.45, 2.75) is 45.1 Å². The van der Waals surface area contributed by atoms with E-state index in [0.29, 0.717) is 22.9 Å². The number of hydrogen-bond donors (Lipinski definition) is 1. The molecule has 0 amide bonds. The fourth-order valence-electron chi connectivity index (χ4n) is 3.44. The molecule has 23 heavy (non-hydrogen) atoms. The number of aromatic amines is 1. The lowest BCUT2D eigenvalue weighted by atomic mass is 9.96. The van der Waals surface area contributed by atoms with E-state index < -0.39 is 0 Å². The Morgan fingerprint density at radius 2 is 1.91 bits per heavy atom. The molecule has 0 bridgehead atoms. The van der Waals surface area contributed by atoms with Gasteiger partial charge < -0.3 is 4.98 Å². The summed E-state index contributed by atoms with van der Waals surface area (Å²) in [5.41, 5.74) is 2.18. The first-order valence-electron chi connectivity index (χ1n) is 8.13. The lowest BCUT2D eigenvalue weighted by Gasteiger charge is -2.22. The Labute approximate surface area is 133 Å². The first kappa shape index (κ1) is 14.1. The van der Waals surface area contributed by atoms with E-state index in [1.807, 2.05) is 23.7 Å². The second kappa shape index (κ2) is 5.61. The zero-order chi connectivity index (χ0) is 15.8. The van der Waals surface area contributed by atoms with E-state index in [0.717, 1.165) is 24.1 Å². The monoisotopic (exact) mass is 309 g/mol. The summed E-state index contributed by atoms with van der Waals surface area (Å²) >= 11 is 0. The minimum absolute atomic E-state index is 0.124. The van der Waals surface area contributed by atoms with Crippen LogP contribution in [0, 0.1) is 6.92 Å². The van der Waals surface area contributed by atoms with Crippen molar-refractivity contribution in [3.8, 4) is 11.4 Å². The van der Waals surface area contributed by atoms with Gasteiger partial charge in [-0.05, 0) is 31.9 Å². The van der Waals surface area contributed by atoms with Crippen LogP contribution in [-0.4, -0.2) is 24.7 Å². The number of H-pyrrole nitrogens is 1. The van der Waals surface area contributed by atoms with E-state index in [4.69, 9.17) is 4.98 Å². The normalized spacial score (nSPS) is 16.0. The quantitative estimate of drug-likeness (QED) is 0.789. The zero-order valence-corrected chi connectivity index (χ0v) is 13.1. The number of nitrogens with zero attached hydrogens (tertiary/aromatic N) is 4. The molecule has 0 spiro atoms. The molecule has 3 aromatic heterocycles. The zero-order valence-electron chi connectivity index (χ0n) is 13.1. The van der Waals surface area contributed by atoms with Gasteiger partial charge in [-0.25, -0.2) is 9.67 Å². The standard InChI is InChI=1S/C17H19N5O/c1-11-14-16(22(21-11)13-5-3-2-4-6-13)19-15(20-17(14)23)12-7-9-18-10-8-12/h7-10,13H,2-6H2,1H3,(H,19,20,23). The highest BCUT2D eigenvalue weighted by molar-refractivity contribution is 5.79. The van der Waals surface area contributed by atoms with Crippen LogP contribution in [0.1, 0.15) is 43.8 Å². The maximum Gasteiger partial charge on any atom is 0.262 e. The number of rotatable bonds is 2. The summed E-state index contributed by atoms with van der Waals surface area (Å²) in [5, 5.41) is 5.24. The number of hydrogen-bond acceptors (Lipinski definition) is 4. The van der Waals surface area contributed by atoms with E-state index in [1.54, 1.807) is 12.4 Å². The van der Waals surface area contributed by atoms with Gasteiger partial charge in [-0.15, -0.1) is 0 Å². The fraction of sp³-hybridized carbons (Fsp3) is 0.412. The number of pyridine rings is 1. The van der Waals surface area contributed by atoms with Crippen LogP contribution in [0.4, 0.5) is 0 Å². The summed E-state index contributed by atoms with van der Waals surface area (Å²) in [4.78, 5) is 24.1. The SMILES string of the molecule is Cc1nn(C2CCCCC2)c2nc(-c3ccncc3)[nH]c(=O)c12. The molecule has 0 atom stereocenters. The molecule has 0 unspecified atom stereocenters. The fourth-order valence-corrected chi connectivity index (χ4v) is 3.44. The van der Waals surface area contributed by atoms with Crippen LogP contribution in [0.5, 0.6) is 0 Å². The Hall–Kier alpha value is -2.50. The molecular weight excluding hydrogens is 290 g/mol. The maximum atomic E-state index is 12.5. The van der Waals surface area contributed by atoms with Crippen LogP contribution < -0.4 is 5.56 Å². The van der Waals surface area contributed by atoms with Crippen LogP contribution >= 0.6 is 0 Å². The molecule has 4 rings (SSSR count). The Bertz CT molecular complexity index is 890. The Balaban J connectivity index is 1.91. The smallest absolute Gasteiger partial charge is 0.262 e. The molecule has 1 aliphatic rings. The number of aromatic nitrogens is 5. The lowest BCUT2D eigenvalue weighted by Crippen LogP contribution is -2.16. The van der Waals surface area contributed by atoms with Gasteiger partial charge in [0, 0.05) is 18.0 Å². The van der Waals surface area contributed by atoms with Gasteiger partial charge in [-0.3, -0.25) is 9.78 Å². The summed E-state index contributed by atoms with van der Waals surface area (Å²) in [6, 6.07) is 4.04. The van der Waals surface area contributed by atoms with Gasteiger partial charge in [0.1, 0.15) is 11.2 Å². The molecule has 3 aromatic rings. The topological polar surface area (TPSA) is 76.5 Å². The molecule has 6 heteroatoms. The minimum atomic E-state index is -0.124. The van der Waals surface area contributed by atoms with E-state index in [2.05, 4.69) is 15.1 Å². The number of aryl methyl sites for hydroxylation is 1. The third-order valence-corrected chi connectivity index (χ3v) is 4.61. The van der Waals surface area contributed by atoms with E-state index in [-0.39, 0.29) is 5.56 Å². The lowest BCUT2D eigenvalue weighted by molar-refractivity contribution is 0.335. The van der Waals surface area contributed by atoms with Crippen molar-refractivity contribution in [3.05, 3.63) is 40.6 Å². The molecule has 0 saturated heterocycles. The van der Waals surface area contributed by atoms with Gasteiger partial charge in [-0.1, -0.05) is 19.3 Å². The number of nitrogens with one attached hydrogen (secondary N) is 1. The Morgan fingerprint density at radius 3 is 2.65 bits per heavy atom. The van der Waals surface area contributed by atoms with Gasteiger partial charge in [0.25, 0.3) is 5.56 Å². The summed E-state index contributed by atoms with van der Waals surface area (Å²) in [5.74, 6) is 0.571. The second-order valence-corrected chi connectivity index (χ2v) is 6.17. The molecule has 0 radical (unpaired) electrons. The molecule has 118 valence electrons. The third-order valence-electron chi connectivity index (χ3n) is 4.61. The van der Waals surface area contributed by atoms with Gasteiger partial charge in [-0.2, -0.15) is 5.10 Å². The Morgan fingerprint density at radius 1 is 1.17 bits per heavy atom. The van der Waals surface area contributed by atoms with Crippen molar-refractivity contribution in [1.82, 2.24) is 24.7 Å². The molecule has 3 heterocycles. The first-order chi connectivity index (χ1) is 11.2. The summed E-state index contributed by atoms with van der Waals surface area (Å²) < 4.78 is 1.98. The largest absolute Gasteiger partial charge is 0.306 e. The minimum Gasteiger partial charge on any atom is -0.306 e. The second-order valence-electron chi connectivity index (χ2n) is 6.17. The summed E-state index contributed by atoms with van der Waals surface area (Å²) in [6.45, 7) is 1.88. The van der Waals surface area contributed by atoms with E-state index in [9.17, 15) is 4.79 Å². The highest BCUT2D eigenvalue weighted by Crippen LogP contribution is 2.30. The first-order valence-corrected chi connectivity index (χ1v) is 8.13. The molecule has 6 nitrogen and oxygen atoms in total. The molecule has 1 aliphatic carbocycles. The summed E-state index contributed by atoms with van der Waals surface area (Å²) in [7, 11) is 0. The average molecular weight is 309 g/mol. The van der Waals surface area contributed by atoms with Crippen molar-refractivity contribution < 1.29 is 0 Å².